The summed E-state index contributed by atoms with van der Waals surface area (Å²) in [4.78, 5) is 23.7. The Labute approximate surface area is 175 Å². The van der Waals surface area contributed by atoms with E-state index in [2.05, 4.69) is 44.4 Å². The molecule has 0 radical (unpaired) electrons. The average molecular weight is 406 g/mol. The monoisotopic (exact) mass is 405 g/mol. The molecule has 2 aromatic heterocycles. The fourth-order valence-electron chi connectivity index (χ4n) is 4.66. The SMILES string of the molecule is Cc1ccc(-c2noc3ncnc(N4CCC(C(=O)NC5CCCC5)CC4)c23)cc1. The molecule has 3 aromatic rings. The lowest BCUT2D eigenvalue weighted by Crippen LogP contribution is -2.43. The number of hydrogen-bond donors (Lipinski definition) is 1. The van der Waals surface area contributed by atoms with Crippen LogP contribution in [0.15, 0.2) is 35.1 Å². The van der Waals surface area contributed by atoms with Gasteiger partial charge in [-0.1, -0.05) is 47.8 Å². The molecule has 156 valence electrons. The maximum absolute atomic E-state index is 12.7. The molecule has 2 aliphatic rings. The Morgan fingerprint density at radius 1 is 1.07 bits per heavy atom. The number of nitrogens with one attached hydrogen (secondary N) is 1. The fourth-order valence-corrected chi connectivity index (χ4v) is 4.66. The van der Waals surface area contributed by atoms with Crippen molar-refractivity contribution in [2.45, 2.75) is 51.5 Å². The van der Waals surface area contributed by atoms with Gasteiger partial charge in [0.15, 0.2) is 0 Å². The van der Waals surface area contributed by atoms with E-state index in [0.29, 0.717) is 11.8 Å². The van der Waals surface area contributed by atoms with Gasteiger partial charge in [-0.15, -0.1) is 0 Å². The molecule has 30 heavy (non-hydrogen) atoms. The number of fused-ring (bicyclic) bond motifs is 1. The molecule has 1 amide bonds. The van der Waals surface area contributed by atoms with Crippen LogP contribution in [0.1, 0.15) is 44.1 Å². The van der Waals surface area contributed by atoms with Crippen molar-refractivity contribution in [3.8, 4) is 11.3 Å². The van der Waals surface area contributed by atoms with Gasteiger partial charge >= 0.3 is 0 Å². The summed E-state index contributed by atoms with van der Waals surface area (Å²) in [6, 6.07) is 8.60. The number of hydrogen-bond acceptors (Lipinski definition) is 6. The molecule has 0 spiro atoms. The number of anilines is 1. The first-order chi connectivity index (χ1) is 14.7. The van der Waals surface area contributed by atoms with E-state index in [1.165, 1.54) is 24.7 Å². The first kappa shape index (κ1) is 19.0. The molecule has 1 aliphatic heterocycles. The molecule has 1 aromatic carbocycles. The van der Waals surface area contributed by atoms with E-state index in [1.807, 2.05) is 12.1 Å². The molecular formula is C23H27N5O2. The summed E-state index contributed by atoms with van der Waals surface area (Å²) in [6.07, 6.45) is 7.90. The maximum Gasteiger partial charge on any atom is 0.263 e. The van der Waals surface area contributed by atoms with Gasteiger partial charge in [-0.05, 0) is 32.6 Å². The van der Waals surface area contributed by atoms with Crippen LogP contribution < -0.4 is 10.2 Å². The van der Waals surface area contributed by atoms with Gasteiger partial charge in [0.2, 0.25) is 5.91 Å². The Balaban J connectivity index is 1.35. The summed E-state index contributed by atoms with van der Waals surface area (Å²) in [5.74, 6) is 1.14. The summed E-state index contributed by atoms with van der Waals surface area (Å²) in [7, 11) is 0. The van der Waals surface area contributed by atoms with Crippen molar-refractivity contribution in [1.82, 2.24) is 20.4 Å². The van der Waals surface area contributed by atoms with E-state index in [1.54, 1.807) is 0 Å². The highest BCUT2D eigenvalue weighted by molar-refractivity contribution is 5.98. The van der Waals surface area contributed by atoms with Gasteiger partial charge in [0.1, 0.15) is 23.2 Å². The third-order valence-corrected chi connectivity index (χ3v) is 6.44. The normalized spacial score (nSPS) is 18.2. The van der Waals surface area contributed by atoms with Crippen LogP contribution in [0.2, 0.25) is 0 Å². The second-order valence-corrected chi connectivity index (χ2v) is 8.53. The zero-order valence-corrected chi connectivity index (χ0v) is 17.3. The minimum absolute atomic E-state index is 0.0817. The third kappa shape index (κ3) is 3.64. The summed E-state index contributed by atoms with van der Waals surface area (Å²) in [5, 5.41) is 8.38. The van der Waals surface area contributed by atoms with Crippen LogP contribution in [-0.2, 0) is 4.79 Å². The van der Waals surface area contributed by atoms with Crippen LogP contribution in [0.3, 0.4) is 0 Å². The number of nitrogens with zero attached hydrogens (tertiary/aromatic N) is 4. The molecule has 1 saturated carbocycles. The highest BCUT2D eigenvalue weighted by atomic mass is 16.5. The lowest BCUT2D eigenvalue weighted by molar-refractivity contribution is -0.126. The second-order valence-electron chi connectivity index (χ2n) is 8.53. The zero-order valence-electron chi connectivity index (χ0n) is 17.3. The van der Waals surface area contributed by atoms with Crippen LogP contribution >= 0.6 is 0 Å². The fraction of sp³-hybridized carbons (Fsp3) is 0.478. The molecular weight excluding hydrogens is 378 g/mol. The minimum Gasteiger partial charge on any atom is -0.356 e. The highest BCUT2D eigenvalue weighted by Gasteiger charge is 2.29. The quantitative estimate of drug-likeness (QED) is 0.709. The molecule has 3 heterocycles. The number of aryl methyl sites for hydroxylation is 1. The number of benzene rings is 1. The number of carbonyl (C=O) groups is 1. The average Bonchev–Trinajstić information content (AvgIpc) is 3.44. The Kier molecular flexibility index (Phi) is 5.11. The molecule has 7 heteroatoms. The van der Waals surface area contributed by atoms with E-state index in [9.17, 15) is 4.79 Å². The van der Waals surface area contributed by atoms with Gasteiger partial charge in [-0.25, -0.2) is 4.98 Å². The molecule has 0 unspecified atom stereocenters. The molecule has 0 bridgehead atoms. The first-order valence-corrected chi connectivity index (χ1v) is 10.9. The lowest BCUT2D eigenvalue weighted by atomic mass is 9.95. The van der Waals surface area contributed by atoms with Crippen LogP contribution in [-0.4, -0.2) is 40.2 Å². The van der Waals surface area contributed by atoms with Crippen LogP contribution in [0, 0.1) is 12.8 Å². The molecule has 1 aliphatic carbocycles. The van der Waals surface area contributed by atoms with Gasteiger partial charge < -0.3 is 14.7 Å². The van der Waals surface area contributed by atoms with Crippen LogP contribution in [0.25, 0.3) is 22.4 Å². The predicted molar refractivity (Wildman–Crippen MR) is 115 cm³/mol. The van der Waals surface area contributed by atoms with Crippen molar-refractivity contribution in [3.05, 3.63) is 36.2 Å². The minimum atomic E-state index is 0.0817. The van der Waals surface area contributed by atoms with E-state index in [0.717, 1.165) is 61.2 Å². The Morgan fingerprint density at radius 3 is 2.53 bits per heavy atom. The van der Waals surface area contributed by atoms with Gasteiger partial charge in [-0.2, -0.15) is 4.98 Å². The number of amides is 1. The molecule has 1 saturated heterocycles. The van der Waals surface area contributed by atoms with Crippen LogP contribution in [0.4, 0.5) is 5.82 Å². The number of carbonyl (C=O) groups excluding carboxylic acids is 1. The topological polar surface area (TPSA) is 84.2 Å². The van der Waals surface area contributed by atoms with Gasteiger partial charge in [0.25, 0.3) is 5.71 Å². The lowest BCUT2D eigenvalue weighted by Gasteiger charge is -2.32. The van der Waals surface area contributed by atoms with Gasteiger partial charge in [0.05, 0.1) is 0 Å². The largest absolute Gasteiger partial charge is 0.356 e. The Hall–Kier alpha value is -2.96. The smallest absolute Gasteiger partial charge is 0.263 e. The zero-order chi connectivity index (χ0) is 20.5. The maximum atomic E-state index is 12.7. The summed E-state index contributed by atoms with van der Waals surface area (Å²) >= 11 is 0. The number of piperidine rings is 1. The molecule has 2 fully saturated rings. The molecule has 1 N–H and O–H groups in total. The van der Waals surface area contributed by atoms with Crippen molar-refractivity contribution in [1.29, 1.82) is 0 Å². The van der Waals surface area contributed by atoms with E-state index in [4.69, 9.17) is 4.52 Å². The van der Waals surface area contributed by atoms with Crippen molar-refractivity contribution < 1.29 is 9.32 Å². The standard InChI is InChI=1S/C23H27N5O2/c1-15-6-8-16(9-7-15)20-19-21(24-14-25-23(19)30-27-20)28-12-10-17(11-13-28)22(29)26-18-4-2-3-5-18/h6-9,14,17-18H,2-5,10-13H2,1H3,(H,26,29). The molecule has 7 nitrogen and oxygen atoms in total. The summed E-state index contributed by atoms with van der Waals surface area (Å²) in [5.41, 5.74) is 3.44. The molecule has 0 atom stereocenters. The number of rotatable bonds is 4. The third-order valence-electron chi connectivity index (χ3n) is 6.44. The Bertz CT molecular complexity index is 1030. The summed E-state index contributed by atoms with van der Waals surface area (Å²) in [6.45, 7) is 3.63. The van der Waals surface area contributed by atoms with Crippen molar-refractivity contribution in [3.63, 3.8) is 0 Å². The van der Waals surface area contributed by atoms with Crippen molar-refractivity contribution in [2.24, 2.45) is 5.92 Å². The van der Waals surface area contributed by atoms with Gasteiger partial charge in [0, 0.05) is 30.6 Å². The van der Waals surface area contributed by atoms with Crippen molar-refractivity contribution in [2.75, 3.05) is 18.0 Å². The molecule has 5 rings (SSSR count). The van der Waals surface area contributed by atoms with Gasteiger partial charge in [-0.3, -0.25) is 4.79 Å². The number of aromatic nitrogens is 3. The Morgan fingerprint density at radius 2 is 1.80 bits per heavy atom. The van der Waals surface area contributed by atoms with E-state index < -0.39 is 0 Å². The highest BCUT2D eigenvalue weighted by Crippen LogP contribution is 2.35. The predicted octanol–water partition coefficient (Wildman–Crippen LogP) is 3.87. The first-order valence-electron chi connectivity index (χ1n) is 10.9. The van der Waals surface area contributed by atoms with E-state index in [-0.39, 0.29) is 11.8 Å². The second kappa shape index (κ2) is 8.05. The van der Waals surface area contributed by atoms with E-state index >= 15 is 0 Å². The summed E-state index contributed by atoms with van der Waals surface area (Å²) < 4.78 is 5.51. The van der Waals surface area contributed by atoms with Crippen LogP contribution in [0.5, 0.6) is 0 Å². The van der Waals surface area contributed by atoms with Crippen molar-refractivity contribution >= 4 is 22.8 Å².